The zero-order valence-electron chi connectivity index (χ0n) is 13.5. The molecule has 0 aliphatic heterocycles. The summed E-state index contributed by atoms with van der Waals surface area (Å²) in [5, 5.41) is 24.9. The van der Waals surface area contributed by atoms with E-state index in [1.54, 1.807) is 18.2 Å². The summed E-state index contributed by atoms with van der Waals surface area (Å²) in [6, 6.07) is 14.8. The second-order valence-electron chi connectivity index (χ2n) is 5.19. The quantitative estimate of drug-likeness (QED) is 0.506. The predicted molar refractivity (Wildman–Crippen MR) is 90.3 cm³/mol. The van der Waals surface area contributed by atoms with Crippen LogP contribution in [0.4, 0.5) is 11.4 Å². The van der Waals surface area contributed by atoms with Crippen molar-refractivity contribution in [2.24, 2.45) is 0 Å². The van der Waals surface area contributed by atoms with Gasteiger partial charge < -0.3 is 10.1 Å². The van der Waals surface area contributed by atoms with Crippen LogP contribution in [0.25, 0.3) is 0 Å². The Bertz CT molecular complexity index is 912. The average Bonchev–Trinajstić information content (AvgIpc) is 3.08. The summed E-state index contributed by atoms with van der Waals surface area (Å²) in [5.74, 6) is 0.572. The fraction of sp³-hybridized carbons (Fsp3) is 0.125. The Balaban J connectivity index is 1.54. The highest BCUT2D eigenvalue weighted by Gasteiger charge is 2.11. The molecule has 0 unspecified atom stereocenters. The lowest BCUT2D eigenvalue weighted by Gasteiger charge is -2.04. The maximum Gasteiger partial charge on any atom is 0.271 e. The largest absolute Gasteiger partial charge is 0.485 e. The van der Waals surface area contributed by atoms with Gasteiger partial charge >= 0.3 is 0 Å². The molecule has 26 heavy (non-hydrogen) atoms. The number of nitro benzene ring substituents is 1. The minimum atomic E-state index is -0.534. The molecule has 2 aromatic carbocycles. The third kappa shape index (κ3) is 4.60. The number of ether oxygens (including phenoxy) is 1. The van der Waals surface area contributed by atoms with Crippen molar-refractivity contribution >= 4 is 17.3 Å². The number of anilines is 1. The fourth-order valence-corrected chi connectivity index (χ4v) is 2.09. The monoisotopic (exact) mass is 354 g/mol. The minimum Gasteiger partial charge on any atom is -0.485 e. The van der Waals surface area contributed by atoms with Gasteiger partial charge in [0, 0.05) is 17.8 Å². The second-order valence-corrected chi connectivity index (χ2v) is 5.19. The van der Waals surface area contributed by atoms with E-state index < -0.39 is 10.8 Å². The van der Waals surface area contributed by atoms with Crippen LogP contribution in [-0.2, 0) is 17.9 Å². The summed E-state index contributed by atoms with van der Waals surface area (Å²) < 4.78 is 5.50. The summed E-state index contributed by atoms with van der Waals surface area (Å²) in [4.78, 5) is 23.3. The maximum atomic E-state index is 12.0. The summed E-state index contributed by atoms with van der Waals surface area (Å²) in [7, 11) is 0. The Kier molecular flexibility index (Phi) is 5.13. The number of nitrogens with one attached hydrogen (secondary N) is 1. The number of benzene rings is 2. The van der Waals surface area contributed by atoms with Crippen LogP contribution < -0.4 is 10.1 Å². The van der Waals surface area contributed by atoms with Gasteiger partial charge in [-0.15, -0.1) is 10.2 Å². The third-order valence-electron chi connectivity index (χ3n) is 3.23. The SMILES string of the molecule is O=C(Cn1nnc(COc2ccccc2)n1)Nc1cccc([N+](=O)[O-])c1. The van der Waals surface area contributed by atoms with Crippen molar-refractivity contribution in [2.45, 2.75) is 13.2 Å². The first-order valence-electron chi connectivity index (χ1n) is 7.59. The molecule has 0 saturated heterocycles. The lowest BCUT2D eigenvalue weighted by molar-refractivity contribution is -0.384. The Labute approximate surface area is 147 Å². The fourth-order valence-electron chi connectivity index (χ4n) is 2.09. The van der Waals surface area contributed by atoms with E-state index in [4.69, 9.17) is 4.74 Å². The number of carbonyl (C=O) groups excluding carboxylic acids is 1. The number of nitrogens with zero attached hydrogens (tertiary/aromatic N) is 5. The molecule has 0 fully saturated rings. The Morgan fingerprint density at radius 3 is 2.77 bits per heavy atom. The zero-order chi connectivity index (χ0) is 18.4. The number of aromatic nitrogens is 4. The van der Waals surface area contributed by atoms with E-state index >= 15 is 0 Å². The van der Waals surface area contributed by atoms with Gasteiger partial charge in [0.2, 0.25) is 11.7 Å². The van der Waals surface area contributed by atoms with Crippen molar-refractivity contribution in [3.63, 3.8) is 0 Å². The van der Waals surface area contributed by atoms with Gasteiger partial charge in [-0.2, -0.15) is 4.80 Å². The number of tetrazole rings is 1. The minimum absolute atomic E-state index is 0.109. The highest BCUT2D eigenvalue weighted by Crippen LogP contribution is 2.17. The van der Waals surface area contributed by atoms with Gasteiger partial charge in [0.25, 0.3) is 5.69 Å². The molecule has 10 heteroatoms. The van der Waals surface area contributed by atoms with Crippen molar-refractivity contribution in [3.8, 4) is 5.75 Å². The maximum absolute atomic E-state index is 12.0. The van der Waals surface area contributed by atoms with Crippen molar-refractivity contribution in [1.82, 2.24) is 20.2 Å². The van der Waals surface area contributed by atoms with Gasteiger partial charge in [-0.05, 0) is 23.4 Å². The van der Waals surface area contributed by atoms with Crippen LogP contribution in [0.3, 0.4) is 0 Å². The van der Waals surface area contributed by atoms with Crippen LogP contribution in [0.2, 0.25) is 0 Å². The lowest BCUT2D eigenvalue weighted by Crippen LogP contribution is -2.20. The van der Waals surface area contributed by atoms with Gasteiger partial charge in [0.1, 0.15) is 12.3 Å². The van der Waals surface area contributed by atoms with Crippen LogP contribution >= 0.6 is 0 Å². The van der Waals surface area contributed by atoms with Crippen LogP contribution in [0.5, 0.6) is 5.75 Å². The lowest BCUT2D eigenvalue weighted by atomic mass is 10.3. The molecule has 0 saturated carbocycles. The molecule has 1 amide bonds. The topological polar surface area (TPSA) is 125 Å². The van der Waals surface area contributed by atoms with Gasteiger partial charge in [0.05, 0.1) is 4.92 Å². The highest BCUT2D eigenvalue weighted by molar-refractivity contribution is 5.90. The van der Waals surface area contributed by atoms with E-state index in [2.05, 4.69) is 20.7 Å². The third-order valence-corrected chi connectivity index (χ3v) is 3.23. The molecular formula is C16H14N6O4. The number of hydrogen-bond acceptors (Lipinski definition) is 7. The molecule has 0 aliphatic carbocycles. The van der Waals surface area contributed by atoms with Crippen LogP contribution in [0, 0.1) is 10.1 Å². The summed E-state index contributed by atoms with van der Waals surface area (Å²) in [6.07, 6.45) is 0. The predicted octanol–water partition coefficient (Wildman–Crippen LogP) is 1.80. The van der Waals surface area contributed by atoms with Crippen molar-refractivity contribution in [3.05, 3.63) is 70.5 Å². The molecule has 0 radical (unpaired) electrons. The molecular weight excluding hydrogens is 340 g/mol. The van der Waals surface area contributed by atoms with E-state index in [0.29, 0.717) is 17.3 Å². The Hall–Kier alpha value is -3.82. The van der Waals surface area contributed by atoms with Crippen LogP contribution in [0.15, 0.2) is 54.6 Å². The van der Waals surface area contributed by atoms with E-state index in [0.717, 1.165) is 4.80 Å². The normalized spacial score (nSPS) is 10.3. The highest BCUT2D eigenvalue weighted by atomic mass is 16.6. The standard InChI is InChI=1S/C16H14N6O4/c23-16(17-12-5-4-6-13(9-12)22(24)25)10-21-19-15(18-20-21)11-26-14-7-2-1-3-8-14/h1-9H,10-11H2,(H,17,23). The van der Waals surface area contributed by atoms with Crippen molar-refractivity contribution < 1.29 is 14.5 Å². The molecule has 0 atom stereocenters. The molecule has 132 valence electrons. The summed E-state index contributed by atoms with van der Waals surface area (Å²) in [6.45, 7) is -0.0580. The molecule has 1 N–H and O–H groups in total. The van der Waals surface area contributed by atoms with Crippen LogP contribution in [-0.4, -0.2) is 31.0 Å². The number of rotatable bonds is 7. The van der Waals surface area contributed by atoms with Gasteiger partial charge in [-0.25, -0.2) is 0 Å². The second kappa shape index (κ2) is 7.83. The number of nitro groups is 1. The molecule has 3 rings (SSSR count). The smallest absolute Gasteiger partial charge is 0.271 e. The summed E-state index contributed by atoms with van der Waals surface area (Å²) >= 11 is 0. The molecule has 0 spiro atoms. The van der Waals surface area contributed by atoms with E-state index in [9.17, 15) is 14.9 Å². The number of para-hydroxylation sites is 1. The van der Waals surface area contributed by atoms with E-state index in [1.165, 1.54) is 18.2 Å². The first-order chi connectivity index (χ1) is 12.6. The van der Waals surface area contributed by atoms with Crippen LogP contribution in [0.1, 0.15) is 5.82 Å². The van der Waals surface area contributed by atoms with Gasteiger partial charge in [-0.3, -0.25) is 14.9 Å². The molecule has 0 aliphatic rings. The number of amides is 1. The number of carbonyl (C=O) groups is 1. The van der Waals surface area contributed by atoms with Gasteiger partial charge in [0.15, 0.2) is 6.61 Å². The first kappa shape index (κ1) is 17.0. The molecule has 1 aromatic heterocycles. The summed E-state index contributed by atoms with van der Waals surface area (Å²) in [5.41, 5.74) is 0.207. The van der Waals surface area contributed by atoms with Crippen molar-refractivity contribution in [2.75, 3.05) is 5.32 Å². The number of hydrogen-bond donors (Lipinski definition) is 1. The van der Waals surface area contributed by atoms with Gasteiger partial charge in [-0.1, -0.05) is 24.3 Å². The van der Waals surface area contributed by atoms with E-state index in [-0.39, 0.29) is 18.8 Å². The zero-order valence-corrected chi connectivity index (χ0v) is 13.5. The molecule has 10 nitrogen and oxygen atoms in total. The van der Waals surface area contributed by atoms with Crippen molar-refractivity contribution in [1.29, 1.82) is 0 Å². The molecule has 3 aromatic rings. The first-order valence-corrected chi connectivity index (χ1v) is 7.59. The average molecular weight is 354 g/mol. The Morgan fingerprint density at radius 1 is 1.19 bits per heavy atom. The molecule has 0 bridgehead atoms. The van der Waals surface area contributed by atoms with E-state index in [1.807, 2.05) is 18.2 Å². The molecule has 1 heterocycles. The Morgan fingerprint density at radius 2 is 2.00 bits per heavy atom. The number of non-ortho nitro benzene ring substituents is 1.